The zero-order valence-electron chi connectivity index (χ0n) is 15.9. The maximum absolute atomic E-state index is 12.5. The Hall–Kier alpha value is -2.73. The summed E-state index contributed by atoms with van der Waals surface area (Å²) in [6, 6.07) is 13.4. The summed E-state index contributed by atoms with van der Waals surface area (Å²) in [5, 5.41) is 2.93. The summed E-state index contributed by atoms with van der Waals surface area (Å²) in [7, 11) is 0. The summed E-state index contributed by atoms with van der Waals surface area (Å²) < 4.78 is 16.8. The van der Waals surface area contributed by atoms with E-state index in [2.05, 4.69) is 10.2 Å². The number of benzene rings is 2. The third kappa shape index (κ3) is 5.14. The summed E-state index contributed by atoms with van der Waals surface area (Å²) in [5.41, 5.74) is 1.78. The van der Waals surface area contributed by atoms with Crippen LogP contribution in [0, 0.1) is 0 Å². The van der Waals surface area contributed by atoms with Gasteiger partial charge in [0.2, 0.25) is 5.91 Å². The highest BCUT2D eigenvalue weighted by molar-refractivity contribution is 5.92. The number of likely N-dealkylation sites (N-methyl/N-ethyl adjacent to an activating group) is 1. The number of carbonyl (C=O) groups is 1. The summed E-state index contributed by atoms with van der Waals surface area (Å²) >= 11 is 0. The third-order valence-electron chi connectivity index (χ3n) is 4.31. The number of amides is 1. The number of nitrogens with one attached hydrogen (secondary N) is 1. The van der Waals surface area contributed by atoms with Crippen LogP contribution in [-0.2, 0) is 11.3 Å². The van der Waals surface area contributed by atoms with Gasteiger partial charge >= 0.3 is 0 Å². The minimum atomic E-state index is -0.0672. The molecule has 1 aliphatic rings. The van der Waals surface area contributed by atoms with Crippen LogP contribution in [0.25, 0.3) is 0 Å². The van der Waals surface area contributed by atoms with Crippen molar-refractivity contribution in [2.45, 2.75) is 20.4 Å². The molecule has 0 radical (unpaired) electrons. The van der Waals surface area contributed by atoms with Crippen molar-refractivity contribution in [2.75, 3.05) is 38.2 Å². The molecule has 6 heteroatoms. The van der Waals surface area contributed by atoms with Gasteiger partial charge in [0, 0.05) is 23.9 Å². The van der Waals surface area contributed by atoms with Gasteiger partial charge < -0.3 is 19.5 Å². The van der Waals surface area contributed by atoms with Crippen molar-refractivity contribution in [2.24, 2.45) is 0 Å². The minimum absolute atomic E-state index is 0.0672. The number of para-hydroxylation sites is 1. The zero-order chi connectivity index (χ0) is 19.1. The van der Waals surface area contributed by atoms with Crippen molar-refractivity contribution in [3.05, 3.63) is 48.0 Å². The molecule has 1 amide bonds. The molecule has 0 unspecified atom stereocenters. The smallest absolute Gasteiger partial charge is 0.238 e. The Morgan fingerprint density at radius 2 is 1.89 bits per heavy atom. The molecule has 0 bridgehead atoms. The van der Waals surface area contributed by atoms with Gasteiger partial charge in [-0.3, -0.25) is 9.69 Å². The van der Waals surface area contributed by atoms with E-state index < -0.39 is 0 Å². The molecule has 0 saturated heterocycles. The SMILES string of the molecule is CCOc1ccccc1CN(CC)CC(=O)Nc1ccc2c(c1)OCCO2. The van der Waals surface area contributed by atoms with E-state index in [0.29, 0.717) is 50.1 Å². The van der Waals surface area contributed by atoms with Crippen molar-refractivity contribution in [1.29, 1.82) is 0 Å². The number of anilines is 1. The lowest BCUT2D eigenvalue weighted by Gasteiger charge is -2.22. The number of hydrogen-bond donors (Lipinski definition) is 1. The quantitative estimate of drug-likeness (QED) is 0.772. The van der Waals surface area contributed by atoms with Gasteiger partial charge in [-0.2, -0.15) is 0 Å². The van der Waals surface area contributed by atoms with E-state index in [1.165, 1.54) is 0 Å². The van der Waals surface area contributed by atoms with Crippen LogP contribution >= 0.6 is 0 Å². The van der Waals surface area contributed by atoms with Gasteiger partial charge in [-0.15, -0.1) is 0 Å². The largest absolute Gasteiger partial charge is 0.494 e. The number of rotatable bonds is 8. The number of fused-ring (bicyclic) bond motifs is 1. The van der Waals surface area contributed by atoms with Crippen molar-refractivity contribution in [3.8, 4) is 17.2 Å². The van der Waals surface area contributed by atoms with E-state index in [9.17, 15) is 4.79 Å². The molecule has 1 heterocycles. The molecule has 2 aromatic carbocycles. The third-order valence-corrected chi connectivity index (χ3v) is 4.31. The Bertz CT molecular complexity index is 779. The van der Waals surface area contributed by atoms with E-state index >= 15 is 0 Å². The van der Waals surface area contributed by atoms with Gasteiger partial charge in [0.25, 0.3) is 0 Å². The predicted octanol–water partition coefficient (Wildman–Crippen LogP) is 3.32. The summed E-state index contributed by atoms with van der Waals surface area (Å²) in [6.07, 6.45) is 0. The average Bonchev–Trinajstić information content (AvgIpc) is 2.69. The highest BCUT2D eigenvalue weighted by Crippen LogP contribution is 2.32. The summed E-state index contributed by atoms with van der Waals surface area (Å²) in [6.45, 7) is 7.41. The van der Waals surface area contributed by atoms with Gasteiger partial charge in [0.05, 0.1) is 13.2 Å². The predicted molar refractivity (Wildman–Crippen MR) is 105 cm³/mol. The second-order valence-corrected chi connectivity index (χ2v) is 6.25. The van der Waals surface area contributed by atoms with Crippen LogP contribution < -0.4 is 19.5 Å². The summed E-state index contributed by atoms with van der Waals surface area (Å²) in [5.74, 6) is 2.17. The van der Waals surface area contributed by atoms with E-state index in [1.54, 1.807) is 6.07 Å². The fourth-order valence-corrected chi connectivity index (χ4v) is 2.98. The van der Waals surface area contributed by atoms with E-state index in [0.717, 1.165) is 17.9 Å². The van der Waals surface area contributed by atoms with Crippen molar-refractivity contribution >= 4 is 11.6 Å². The van der Waals surface area contributed by atoms with Crippen LogP contribution in [0.1, 0.15) is 19.4 Å². The minimum Gasteiger partial charge on any atom is -0.494 e. The van der Waals surface area contributed by atoms with Crippen molar-refractivity contribution in [3.63, 3.8) is 0 Å². The lowest BCUT2D eigenvalue weighted by atomic mass is 10.2. The number of hydrogen-bond acceptors (Lipinski definition) is 5. The van der Waals surface area contributed by atoms with Crippen LogP contribution in [-0.4, -0.2) is 43.7 Å². The molecule has 27 heavy (non-hydrogen) atoms. The van der Waals surface area contributed by atoms with Gasteiger partial charge in [-0.25, -0.2) is 0 Å². The van der Waals surface area contributed by atoms with Gasteiger partial charge in [-0.05, 0) is 31.7 Å². The van der Waals surface area contributed by atoms with Gasteiger partial charge in [0.1, 0.15) is 19.0 Å². The van der Waals surface area contributed by atoms with E-state index in [-0.39, 0.29) is 5.91 Å². The molecule has 6 nitrogen and oxygen atoms in total. The first kappa shape index (κ1) is 19.0. The highest BCUT2D eigenvalue weighted by Gasteiger charge is 2.15. The maximum atomic E-state index is 12.5. The molecule has 144 valence electrons. The Labute approximate surface area is 160 Å². The van der Waals surface area contributed by atoms with Crippen LogP contribution in [0.15, 0.2) is 42.5 Å². The monoisotopic (exact) mass is 370 g/mol. The molecule has 0 aliphatic carbocycles. The average molecular weight is 370 g/mol. The number of ether oxygens (including phenoxy) is 3. The highest BCUT2D eigenvalue weighted by atomic mass is 16.6. The standard InChI is InChI=1S/C21H26N2O4/c1-3-23(14-16-7-5-6-8-18(16)25-4-2)15-21(24)22-17-9-10-19-20(13-17)27-12-11-26-19/h5-10,13H,3-4,11-12,14-15H2,1-2H3,(H,22,24). The maximum Gasteiger partial charge on any atom is 0.238 e. The van der Waals surface area contributed by atoms with Gasteiger partial charge in [-0.1, -0.05) is 25.1 Å². The molecule has 0 spiro atoms. The Morgan fingerprint density at radius 1 is 1.11 bits per heavy atom. The first-order valence-corrected chi connectivity index (χ1v) is 9.32. The van der Waals surface area contributed by atoms with Crippen LogP contribution in [0.2, 0.25) is 0 Å². The van der Waals surface area contributed by atoms with Crippen molar-refractivity contribution in [1.82, 2.24) is 4.90 Å². The molecule has 2 aromatic rings. The van der Waals surface area contributed by atoms with Crippen LogP contribution in [0.4, 0.5) is 5.69 Å². The Morgan fingerprint density at radius 3 is 2.67 bits per heavy atom. The Balaban J connectivity index is 1.60. The molecular formula is C21H26N2O4. The first-order chi connectivity index (χ1) is 13.2. The fourth-order valence-electron chi connectivity index (χ4n) is 2.98. The Kier molecular flexibility index (Phi) is 6.54. The lowest BCUT2D eigenvalue weighted by molar-refractivity contribution is -0.117. The molecule has 0 fully saturated rings. The van der Waals surface area contributed by atoms with Crippen LogP contribution in [0.3, 0.4) is 0 Å². The van der Waals surface area contributed by atoms with Crippen LogP contribution in [0.5, 0.6) is 17.2 Å². The van der Waals surface area contributed by atoms with E-state index in [1.807, 2.05) is 50.2 Å². The van der Waals surface area contributed by atoms with E-state index in [4.69, 9.17) is 14.2 Å². The number of nitrogens with zero attached hydrogens (tertiary/aromatic N) is 1. The molecule has 1 N–H and O–H groups in total. The first-order valence-electron chi connectivity index (χ1n) is 9.32. The van der Waals surface area contributed by atoms with Crippen molar-refractivity contribution < 1.29 is 19.0 Å². The molecule has 0 saturated carbocycles. The second kappa shape index (κ2) is 9.28. The fraction of sp³-hybridized carbons (Fsp3) is 0.381. The molecule has 0 aromatic heterocycles. The molecule has 3 rings (SSSR count). The zero-order valence-corrected chi connectivity index (χ0v) is 15.9. The topological polar surface area (TPSA) is 60.0 Å². The second-order valence-electron chi connectivity index (χ2n) is 6.25. The lowest BCUT2D eigenvalue weighted by Crippen LogP contribution is -2.33. The molecule has 1 aliphatic heterocycles. The summed E-state index contributed by atoms with van der Waals surface area (Å²) in [4.78, 5) is 14.6. The van der Waals surface area contributed by atoms with Gasteiger partial charge in [0.15, 0.2) is 11.5 Å². The molecular weight excluding hydrogens is 344 g/mol. The molecule has 0 atom stereocenters. The normalized spacial score (nSPS) is 12.7. The number of carbonyl (C=O) groups excluding carboxylic acids is 1.